The van der Waals surface area contributed by atoms with Crippen LogP contribution in [0.4, 0.5) is 0 Å². The molecule has 2 unspecified atom stereocenters. The van der Waals surface area contributed by atoms with Crippen molar-refractivity contribution in [3.8, 4) is 11.5 Å². The van der Waals surface area contributed by atoms with Crippen molar-refractivity contribution >= 4 is 42.0 Å². The van der Waals surface area contributed by atoms with Gasteiger partial charge < -0.3 is 43.0 Å². The molecular formula is C44H38O14. The van der Waals surface area contributed by atoms with Gasteiger partial charge in [0.15, 0.2) is 12.2 Å². The third kappa shape index (κ3) is 11.1. The molecule has 3 aromatic carbocycles. The number of fused-ring (bicyclic) bond motifs is 1. The molecule has 0 aromatic heterocycles. The topological polar surface area (TPSA) is 179 Å². The van der Waals surface area contributed by atoms with Crippen LogP contribution in [0.25, 0.3) is 12.2 Å². The van der Waals surface area contributed by atoms with Gasteiger partial charge in [-0.15, -0.1) is 0 Å². The molecule has 3 aromatic rings. The fourth-order valence-electron chi connectivity index (χ4n) is 5.85. The average Bonchev–Trinajstić information content (AvgIpc) is 3.83. The van der Waals surface area contributed by atoms with Gasteiger partial charge in [-0.3, -0.25) is 0 Å². The fraction of sp³-hybridized carbons (Fsp3) is 0.205. The number of rotatable bonds is 15. The highest BCUT2D eigenvalue weighted by Crippen LogP contribution is 2.32. The van der Waals surface area contributed by atoms with Crippen molar-refractivity contribution in [2.75, 3.05) is 13.2 Å². The molecular weight excluding hydrogens is 752 g/mol. The van der Waals surface area contributed by atoms with E-state index in [2.05, 4.69) is 13.2 Å². The van der Waals surface area contributed by atoms with E-state index >= 15 is 0 Å². The Morgan fingerprint density at radius 3 is 1.64 bits per heavy atom. The highest BCUT2D eigenvalue weighted by molar-refractivity contribution is 5.92. The summed E-state index contributed by atoms with van der Waals surface area (Å²) in [6, 6.07) is 18.7. The zero-order valence-electron chi connectivity index (χ0n) is 30.9. The lowest BCUT2D eigenvalue weighted by Crippen LogP contribution is -2.36. The van der Waals surface area contributed by atoms with Crippen LogP contribution in [0.1, 0.15) is 38.3 Å². The largest absolute Gasteiger partial charge is 0.462 e. The van der Waals surface area contributed by atoms with Gasteiger partial charge in [0.1, 0.15) is 35.6 Å². The van der Waals surface area contributed by atoms with Crippen molar-refractivity contribution in [1.82, 2.24) is 0 Å². The molecule has 2 aliphatic heterocycles. The number of carbonyl (C=O) groups is 5. The van der Waals surface area contributed by atoms with Gasteiger partial charge in [-0.25, -0.2) is 24.0 Å². The number of ether oxygens (including phenoxy) is 8. The second-order valence-corrected chi connectivity index (χ2v) is 12.8. The Hall–Kier alpha value is -6.87. The Morgan fingerprint density at radius 2 is 1.17 bits per heavy atom. The molecule has 2 fully saturated rings. The van der Waals surface area contributed by atoms with Crippen LogP contribution >= 0.6 is 0 Å². The molecule has 0 spiro atoms. The van der Waals surface area contributed by atoms with E-state index in [1.807, 2.05) is 0 Å². The number of esters is 5. The number of hydrogen-bond acceptors (Lipinski definition) is 14. The van der Waals surface area contributed by atoms with Gasteiger partial charge in [0.25, 0.3) is 0 Å². The first-order valence-electron chi connectivity index (χ1n) is 18.0. The van der Waals surface area contributed by atoms with Crippen LogP contribution in [0.15, 0.2) is 134 Å². The van der Waals surface area contributed by atoms with Gasteiger partial charge in [0, 0.05) is 24.6 Å². The maximum Gasteiger partial charge on any atom is 0.338 e. The molecule has 14 heteroatoms. The zero-order valence-corrected chi connectivity index (χ0v) is 30.9. The van der Waals surface area contributed by atoms with E-state index in [9.17, 15) is 29.1 Å². The van der Waals surface area contributed by atoms with Crippen LogP contribution < -0.4 is 9.47 Å². The third-order valence-corrected chi connectivity index (χ3v) is 8.78. The van der Waals surface area contributed by atoms with E-state index in [1.165, 1.54) is 48.6 Å². The Balaban J connectivity index is 0.919. The van der Waals surface area contributed by atoms with E-state index in [-0.39, 0.29) is 35.8 Å². The minimum Gasteiger partial charge on any atom is -0.462 e. The second kappa shape index (κ2) is 19.3. The van der Waals surface area contributed by atoms with Crippen molar-refractivity contribution in [3.05, 3.63) is 156 Å². The van der Waals surface area contributed by atoms with E-state index in [4.69, 9.17) is 37.9 Å². The highest BCUT2D eigenvalue weighted by Gasteiger charge is 2.51. The van der Waals surface area contributed by atoms with Crippen molar-refractivity contribution in [3.63, 3.8) is 0 Å². The van der Waals surface area contributed by atoms with Gasteiger partial charge in [0.05, 0.1) is 24.3 Å². The number of allylic oxidation sites excluding steroid dienone is 1. The molecule has 58 heavy (non-hydrogen) atoms. The molecule has 3 aliphatic rings. The van der Waals surface area contributed by atoms with Gasteiger partial charge in [-0.2, -0.15) is 0 Å². The molecule has 298 valence electrons. The number of aliphatic hydroxyl groups excluding tert-OH is 1. The van der Waals surface area contributed by atoms with Gasteiger partial charge in [0.2, 0.25) is 6.29 Å². The molecule has 0 radical (unpaired) electrons. The number of aliphatic hydroxyl groups is 1. The summed E-state index contributed by atoms with van der Waals surface area (Å²) < 4.78 is 43.9. The summed E-state index contributed by atoms with van der Waals surface area (Å²) in [5.74, 6) is -2.04. The Bertz CT molecular complexity index is 2130. The molecule has 1 aliphatic carbocycles. The molecule has 2 heterocycles. The summed E-state index contributed by atoms with van der Waals surface area (Å²) in [7, 11) is 0. The molecule has 0 saturated carbocycles. The van der Waals surface area contributed by atoms with E-state index in [0.717, 1.165) is 6.08 Å². The van der Waals surface area contributed by atoms with E-state index in [0.29, 0.717) is 23.3 Å². The minimum absolute atomic E-state index is 0.0489. The maximum absolute atomic E-state index is 13.0. The van der Waals surface area contributed by atoms with Gasteiger partial charge >= 0.3 is 29.8 Å². The smallest absolute Gasteiger partial charge is 0.338 e. The first-order valence-corrected chi connectivity index (χ1v) is 18.0. The van der Waals surface area contributed by atoms with Crippen LogP contribution in [-0.2, 0) is 42.8 Å². The molecule has 0 amide bonds. The first-order chi connectivity index (χ1) is 28.1. The molecule has 6 atom stereocenters. The average molecular weight is 791 g/mol. The van der Waals surface area contributed by atoms with Crippen molar-refractivity contribution in [1.29, 1.82) is 0 Å². The number of carbonyl (C=O) groups excluding carboxylic acids is 5. The van der Waals surface area contributed by atoms with Crippen molar-refractivity contribution < 1.29 is 67.0 Å². The Labute approximate surface area is 332 Å². The fourth-order valence-corrected chi connectivity index (χ4v) is 5.85. The second-order valence-electron chi connectivity index (χ2n) is 12.8. The third-order valence-electron chi connectivity index (χ3n) is 8.78. The summed E-state index contributed by atoms with van der Waals surface area (Å²) >= 11 is 0. The molecule has 6 rings (SSSR count). The summed E-state index contributed by atoms with van der Waals surface area (Å²) in [4.78, 5) is 61.9. The molecule has 1 N–H and O–H groups in total. The summed E-state index contributed by atoms with van der Waals surface area (Å²) in [5.41, 5.74) is 1.82. The molecule has 2 saturated heterocycles. The van der Waals surface area contributed by atoms with Crippen LogP contribution in [0.5, 0.6) is 11.5 Å². The van der Waals surface area contributed by atoms with E-state index in [1.54, 1.807) is 72.8 Å². The first kappa shape index (κ1) is 40.8. The SMILES string of the molecule is C=CC(=O)Oc1ccc(OC(=O)/C=C/c2ccc(C(=O)O[C@H]3CO[C@H]4[C@@H]3OC[C@H]4OC(=O)c3ccc(/C=C/C(=O)OC4C=CC(OC(O)C=C)=CC4)cc3)cc2)cc1. The summed E-state index contributed by atoms with van der Waals surface area (Å²) in [5, 5.41) is 9.50. The normalized spacial score (nSPS) is 21.3. The van der Waals surface area contributed by atoms with Crippen molar-refractivity contribution in [2.24, 2.45) is 0 Å². The van der Waals surface area contributed by atoms with Crippen LogP contribution in [0, 0.1) is 0 Å². The quantitative estimate of drug-likeness (QED) is 0.0528. The molecule has 0 bridgehead atoms. The predicted molar refractivity (Wildman–Crippen MR) is 206 cm³/mol. The highest BCUT2D eigenvalue weighted by atomic mass is 16.7. The standard InChI is InChI=1S/C44H38O14/c1-3-37(45)53-31-15-19-33(20-16-31)55-39(47)23-9-27-5-11-29(12-6-27)43(49)57-35-25-51-42-36(26-52-41(35)42)58-44(50)30-13-7-28(8-14-30)10-24-40(48)56-34-21-17-32(18-22-34)54-38(46)4-2/h3-21,23-24,34-36,38,41-42,46H,1-2,22,25-26H2/b23-9+,24-10+/t34?,35-,36+,38?,41+,42+/m0/s1. The number of benzene rings is 3. The Kier molecular flexibility index (Phi) is 13.6. The lowest BCUT2D eigenvalue weighted by atomic mass is 10.1. The maximum atomic E-state index is 13.0. The summed E-state index contributed by atoms with van der Waals surface area (Å²) in [6.45, 7) is 6.87. The van der Waals surface area contributed by atoms with E-state index < -0.39 is 66.7 Å². The van der Waals surface area contributed by atoms with Crippen LogP contribution in [-0.4, -0.2) is 85.0 Å². The number of hydrogen-bond donors (Lipinski definition) is 1. The van der Waals surface area contributed by atoms with Crippen molar-refractivity contribution in [2.45, 2.75) is 43.2 Å². The lowest BCUT2D eigenvalue weighted by molar-refractivity contribution is -0.140. The zero-order chi connectivity index (χ0) is 41.0. The van der Waals surface area contributed by atoms with Gasteiger partial charge in [-0.1, -0.05) is 37.4 Å². The minimum atomic E-state index is -1.13. The monoisotopic (exact) mass is 790 g/mol. The summed E-state index contributed by atoms with van der Waals surface area (Å²) in [6.07, 6.45) is 8.86. The molecule has 14 nitrogen and oxygen atoms in total. The van der Waals surface area contributed by atoms with Crippen LogP contribution in [0.2, 0.25) is 0 Å². The lowest BCUT2D eigenvalue weighted by Gasteiger charge is -2.18. The Morgan fingerprint density at radius 1 is 0.672 bits per heavy atom. The van der Waals surface area contributed by atoms with Crippen LogP contribution in [0.3, 0.4) is 0 Å². The van der Waals surface area contributed by atoms with Gasteiger partial charge in [-0.05, 0) is 96.1 Å². The predicted octanol–water partition coefficient (Wildman–Crippen LogP) is 5.24.